The molecule has 0 spiro atoms. The van der Waals surface area contributed by atoms with Crippen LogP contribution in [0.1, 0.15) is 12.5 Å². The summed E-state index contributed by atoms with van der Waals surface area (Å²) in [5.74, 6) is -2.09. The first-order chi connectivity index (χ1) is 9.06. The molecule has 1 N–H and O–H groups in total. The van der Waals surface area contributed by atoms with E-state index in [1.807, 2.05) is 6.92 Å². The van der Waals surface area contributed by atoms with Crippen LogP contribution in [0.15, 0.2) is 42.5 Å². The minimum absolute atomic E-state index is 0.115. The minimum Gasteiger partial charge on any atom is -0.380 e. The molecule has 0 heterocycles. The summed E-state index contributed by atoms with van der Waals surface area (Å²) in [6.07, 6.45) is 0.522. The maximum atomic E-state index is 13.5. The van der Waals surface area contributed by atoms with Gasteiger partial charge in [-0.3, -0.25) is 0 Å². The topological polar surface area (TPSA) is 12.0 Å². The van der Waals surface area contributed by atoms with Crippen molar-refractivity contribution in [2.75, 3.05) is 5.32 Å². The highest BCUT2D eigenvalue weighted by molar-refractivity contribution is 5.46. The number of benzene rings is 2. The average molecular weight is 265 g/mol. The molecule has 2 rings (SSSR count). The van der Waals surface area contributed by atoms with Gasteiger partial charge in [-0.15, -0.1) is 0 Å². The third-order valence-electron chi connectivity index (χ3n) is 2.78. The van der Waals surface area contributed by atoms with E-state index >= 15 is 0 Å². The second-order valence-electron chi connectivity index (χ2n) is 4.48. The van der Waals surface area contributed by atoms with E-state index in [0.29, 0.717) is 6.42 Å². The summed E-state index contributed by atoms with van der Waals surface area (Å²) in [5, 5.41) is 2.88. The summed E-state index contributed by atoms with van der Waals surface area (Å²) < 4.78 is 39.5. The van der Waals surface area contributed by atoms with Crippen LogP contribution < -0.4 is 5.32 Å². The van der Waals surface area contributed by atoms with Crippen molar-refractivity contribution in [1.29, 1.82) is 0 Å². The lowest BCUT2D eigenvalue weighted by Crippen LogP contribution is -2.19. The summed E-state index contributed by atoms with van der Waals surface area (Å²) in [4.78, 5) is 0. The zero-order chi connectivity index (χ0) is 13.8. The van der Waals surface area contributed by atoms with Gasteiger partial charge in [0.15, 0.2) is 11.6 Å². The predicted octanol–water partition coefficient (Wildman–Crippen LogP) is 4.15. The van der Waals surface area contributed by atoms with Crippen LogP contribution in [0.4, 0.5) is 18.9 Å². The summed E-state index contributed by atoms with van der Waals surface area (Å²) in [5.41, 5.74) is 0.917. The Morgan fingerprint density at radius 3 is 2.53 bits per heavy atom. The normalized spacial score (nSPS) is 12.2. The van der Waals surface area contributed by atoms with Crippen LogP contribution in [-0.2, 0) is 6.42 Å². The lowest BCUT2D eigenvalue weighted by atomic mass is 10.1. The molecule has 0 saturated carbocycles. The Kier molecular flexibility index (Phi) is 4.10. The summed E-state index contributed by atoms with van der Waals surface area (Å²) in [6, 6.07) is 10.1. The molecule has 0 fully saturated rings. The van der Waals surface area contributed by atoms with Gasteiger partial charge in [0.2, 0.25) is 0 Å². The van der Waals surface area contributed by atoms with Crippen molar-refractivity contribution in [3.63, 3.8) is 0 Å². The fraction of sp³-hybridized carbons (Fsp3) is 0.200. The van der Waals surface area contributed by atoms with E-state index in [2.05, 4.69) is 5.32 Å². The first-order valence-electron chi connectivity index (χ1n) is 6.01. The third-order valence-corrected chi connectivity index (χ3v) is 2.78. The average Bonchev–Trinajstić information content (AvgIpc) is 2.35. The van der Waals surface area contributed by atoms with E-state index < -0.39 is 11.6 Å². The molecule has 1 unspecified atom stereocenters. The molecule has 1 nitrogen and oxygen atoms in total. The van der Waals surface area contributed by atoms with Gasteiger partial charge in [-0.1, -0.05) is 18.2 Å². The highest BCUT2D eigenvalue weighted by atomic mass is 19.2. The molecule has 0 bridgehead atoms. The quantitative estimate of drug-likeness (QED) is 0.875. The molecule has 4 heteroatoms. The number of hydrogen-bond acceptors (Lipinski definition) is 1. The summed E-state index contributed by atoms with van der Waals surface area (Å²) in [6.45, 7) is 1.83. The molecule has 100 valence electrons. The van der Waals surface area contributed by atoms with E-state index in [0.717, 1.165) is 11.6 Å². The SMILES string of the molecule is CC(Cc1cccc(F)c1)Nc1cccc(F)c1F. The van der Waals surface area contributed by atoms with Crippen molar-refractivity contribution in [2.45, 2.75) is 19.4 Å². The van der Waals surface area contributed by atoms with Gasteiger partial charge >= 0.3 is 0 Å². The van der Waals surface area contributed by atoms with Crippen molar-refractivity contribution in [2.24, 2.45) is 0 Å². The van der Waals surface area contributed by atoms with Gasteiger partial charge in [0.1, 0.15) is 5.82 Å². The Labute approximate surface area is 110 Å². The number of nitrogens with one attached hydrogen (secondary N) is 1. The lowest BCUT2D eigenvalue weighted by molar-refractivity contribution is 0.509. The largest absolute Gasteiger partial charge is 0.380 e. The van der Waals surface area contributed by atoms with Gasteiger partial charge in [0.25, 0.3) is 0 Å². The zero-order valence-electron chi connectivity index (χ0n) is 10.5. The van der Waals surface area contributed by atoms with Crippen LogP contribution in [-0.4, -0.2) is 6.04 Å². The van der Waals surface area contributed by atoms with E-state index in [-0.39, 0.29) is 17.5 Å². The Morgan fingerprint density at radius 1 is 1.05 bits per heavy atom. The smallest absolute Gasteiger partial charge is 0.181 e. The van der Waals surface area contributed by atoms with Crippen LogP contribution >= 0.6 is 0 Å². The highest BCUT2D eigenvalue weighted by Crippen LogP contribution is 2.18. The Balaban J connectivity index is 2.05. The standard InChI is InChI=1S/C15H14F3N/c1-10(8-11-4-2-5-12(16)9-11)19-14-7-3-6-13(17)15(14)18/h2-7,9-10,19H,8H2,1H3. The minimum atomic E-state index is -0.895. The molecular weight excluding hydrogens is 251 g/mol. The maximum Gasteiger partial charge on any atom is 0.181 e. The molecule has 0 aliphatic rings. The lowest BCUT2D eigenvalue weighted by Gasteiger charge is -2.16. The molecule has 2 aromatic carbocycles. The summed E-state index contributed by atoms with van der Waals surface area (Å²) in [7, 11) is 0. The van der Waals surface area contributed by atoms with Gasteiger partial charge in [-0.25, -0.2) is 13.2 Å². The number of hydrogen-bond donors (Lipinski definition) is 1. The summed E-state index contributed by atoms with van der Waals surface area (Å²) >= 11 is 0. The van der Waals surface area contributed by atoms with Gasteiger partial charge in [-0.2, -0.15) is 0 Å². The van der Waals surface area contributed by atoms with E-state index in [1.54, 1.807) is 12.1 Å². The number of halogens is 3. The van der Waals surface area contributed by atoms with Gasteiger partial charge < -0.3 is 5.32 Å². The molecule has 0 amide bonds. The zero-order valence-corrected chi connectivity index (χ0v) is 10.5. The molecule has 0 aromatic heterocycles. The van der Waals surface area contributed by atoms with E-state index in [9.17, 15) is 13.2 Å². The second-order valence-corrected chi connectivity index (χ2v) is 4.48. The molecule has 19 heavy (non-hydrogen) atoms. The molecule has 0 aliphatic heterocycles. The molecule has 0 saturated heterocycles. The van der Waals surface area contributed by atoms with E-state index in [4.69, 9.17) is 0 Å². The van der Waals surface area contributed by atoms with Gasteiger partial charge in [-0.05, 0) is 43.2 Å². The first-order valence-corrected chi connectivity index (χ1v) is 6.01. The Bertz CT molecular complexity index is 569. The van der Waals surface area contributed by atoms with Gasteiger partial charge in [0.05, 0.1) is 5.69 Å². The van der Waals surface area contributed by atoms with Crippen molar-refractivity contribution < 1.29 is 13.2 Å². The van der Waals surface area contributed by atoms with E-state index in [1.165, 1.54) is 24.3 Å². The molecular formula is C15H14F3N. The van der Waals surface area contributed by atoms with Crippen LogP contribution in [0, 0.1) is 17.5 Å². The first kappa shape index (κ1) is 13.5. The van der Waals surface area contributed by atoms with Crippen LogP contribution in [0.25, 0.3) is 0 Å². The van der Waals surface area contributed by atoms with Crippen molar-refractivity contribution in [3.05, 3.63) is 65.5 Å². The van der Waals surface area contributed by atoms with Gasteiger partial charge in [0, 0.05) is 6.04 Å². The molecule has 2 aromatic rings. The predicted molar refractivity (Wildman–Crippen MR) is 69.5 cm³/mol. The van der Waals surface area contributed by atoms with Crippen molar-refractivity contribution >= 4 is 5.69 Å². The molecule has 1 atom stereocenters. The Hall–Kier alpha value is -1.97. The number of anilines is 1. The fourth-order valence-corrected chi connectivity index (χ4v) is 1.95. The van der Waals surface area contributed by atoms with Crippen molar-refractivity contribution in [3.8, 4) is 0 Å². The second kappa shape index (κ2) is 5.78. The highest BCUT2D eigenvalue weighted by Gasteiger charge is 2.10. The number of rotatable bonds is 4. The molecule has 0 radical (unpaired) electrons. The van der Waals surface area contributed by atoms with Crippen LogP contribution in [0.2, 0.25) is 0 Å². The molecule has 0 aliphatic carbocycles. The monoisotopic (exact) mass is 265 g/mol. The maximum absolute atomic E-state index is 13.5. The third kappa shape index (κ3) is 3.50. The van der Waals surface area contributed by atoms with Crippen molar-refractivity contribution in [1.82, 2.24) is 0 Å². The fourth-order valence-electron chi connectivity index (χ4n) is 1.95. The Morgan fingerprint density at radius 2 is 1.79 bits per heavy atom. The van der Waals surface area contributed by atoms with Crippen LogP contribution in [0.5, 0.6) is 0 Å². The van der Waals surface area contributed by atoms with Crippen LogP contribution in [0.3, 0.4) is 0 Å².